The summed E-state index contributed by atoms with van der Waals surface area (Å²) in [6.45, 7) is 4.46. The van der Waals surface area contributed by atoms with Crippen molar-refractivity contribution in [2.75, 3.05) is 13.2 Å². The summed E-state index contributed by atoms with van der Waals surface area (Å²) in [6, 6.07) is 12.0. The highest BCUT2D eigenvalue weighted by atomic mass is 16.4. The SMILES string of the molecule is CC(C)CC(CC(N)=O)CC(=O)O.NCCO.c1ccccc1. The van der Waals surface area contributed by atoms with Crippen LogP contribution in [0.3, 0.4) is 0 Å². The van der Waals surface area contributed by atoms with Crippen LogP contribution < -0.4 is 11.5 Å². The molecule has 132 valence electrons. The number of carboxylic acids is 1. The smallest absolute Gasteiger partial charge is 0.303 e. The molecule has 0 saturated heterocycles. The molecule has 6 nitrogen and oxygen atoms in total. The second kappa shape index (κ2) is 16.5. The molecule has 0 heterocycles. The fourth-order valence-electron chi connectivity index (χ4n) is 1.82. The lowest BCUT2D eigenvalue weighted by atomic mass is 9.91. The Morgan fingerprint density at radius 3 is 1.61 bits per heavy atom. The zero-order valence-corrected chi connectivity index (χ0v) is 14.0. The molecule has 0 fully saturated rings. The van der Waals surface area contributed by atoms with Crippen molar-refractivity contribution >= 4 is 11.9 Å². The quantitative estimate of drug-likeness (QED) is 0.605. The highest BCUT2D eigenvalue weighted by Gasteiger charge is 2.16. The van der Waals surface area contributed by atoms with Gasteiger partial charge in [0.05, 0.1) is 6.61 Å². The Balaban J connectivity index is 0. The van der Waals surface area contributed by atoms with E-state index >= 15 is 0 Å². The highest BCUT2D eigenvalue weighted by Crippen LogP contribution is 2.18. The number of primary amides is 1. The lowest BCUT2D eigenvalue weighted by Crippen LogP contribution is -2.19. The number of carbonyl (C=O) groups is 2. The second-order valence-electron chi connectivity index (χ2n) is 5.43. The third kappa shape index (κ3) is 22.5. The van der Waals surface area contributed by atoms with Crippen molar-refractivity contribution in [2.45, 2.75) is 33.1 Å². The summed E-state index contributed by atoms with van der Waals surface area (Å²) in [6.07, 6.45) is 0.931. The van der Waals surface area contributed by atoms with Gasteiger partial charge >= 0.3 is 5.97 Å². The van der Waals surface area contributed by atoms with Gasteiger partial charge in [0.2, 0.25) is 5.91 Å². The molecule has 0 bridgehead atoms. The first-order valence-electron chi connectivity index (χ1n) is 7.64. The van der Waals surface area contributed by atoms with E-state index in [9.17, 15) is 9.59 Å². The molecule has 0 aromatic heterocycles. The molecule has 1 amide bonds. The number of hydrogen-bond donors (Lipinski definition) is 4. The summed E-state index contributed by atoms with van der Waals surface area (Å²) in [7, 11) is 0. The standard InChI is InChI=1S/C9H17NO3.C6H6.C2H7NO/c1-6(2)3-7(4-8(10)11)5-9(12)13;1-2-4-6-5-3-1;3-1-2-4/h6-7H,3-5H2,1-2H3,(H2,10,11)(H,12,13);1-6H;4H,1-3H2. The van der Waals surface area contributed by atoms with Crippen molar-refractivity contribution in [2.24, 2.45) is 23.3 Å². The van der Waals surface area contributed by atoms with Crippen molar-refractivity contribution in [1.29, 1.82) is 0 Å². The molecule has 1 aromatic carbocycles. The molecule has 1 atom stereocenters. The van der Waals surface area contributed by atoms with Gasteiger partial charge in [0, 0.05) is 19.4 Å². The highest BCUT2D eigenvalue weighted by molar-refractivity contribution is 5.75. The Hall–Kier alpha value is -1.92. The lowest BCUT2D eigenvalue weighted by Gasteiger charge is -2.14. The van der Waals surface area contributed by atoms with E-state index in [0.29, 0.717) is 12.5 Å². The van der Waals surface area contributed by atoms with Gasteiger partial charge in [0.1, 0.15) is 0 Å². The minimum atomic E-state index is -0.869. The zero-order chi connectivity index (χ0) is 18.1. The number of aliphatic carboxylic acids is 1. The molecule has 0 aliphatic rings. The fraction of sp³-hybridized carbons (Fsp3) is 0.529. The number of carbonyl (C=O) groups excluding carboxylic acids is 1. The first-order chi connectivity index (χ1) is 10.8. The molecule has 0 aliphatic heterocycles. The summed E-state index contributed by atoms with van der Waals surface area (Å²) in [5.74, 6) is -1.02. The summed E-state index contributed by atoms with van der Waals surface area (Å²) in [5.41, 5.74) is 9.79. The molecule has 6 heteroatoms. The number of aliphatic hydroxyl groups is 1. The van der Waals surface area contributed by atoms with Crippen LogP contribution in [0.1, 0.15) is 33.1 Å². The predicted molar refractivity (Wildman–Crippen MR) is 91.6 cm³/mol. The minimum absolute atomic E-state index is 0.0289. The third-order valence-corrected chi connectivity index (χ3v) is 2.55. The molecular formula is C17H30N2O4. The van der Waals surface area contributed by atoms with Gasteiger partial charge in [-0.05, 0) is 18.3 Å². The van der Waals surface area contributed by atoms with Gasteiger partial charge in [-0.2, -0.15) is 0 Å². The Bertz CT molecular complexity index is 352. The van der Waals surface area contributed by atoms with Crippen LogP contribution in [0.25, 0.3) is 0 Å². The fourth-order valence-corrected chi connectivity index (χ4v) is 1.82. The summed E-state index contributed by atoms with van der Waals surface area (Å²) in [4.78, 5) is 21.0. The monoisotopic (exact) mass is 326 g/mol. The topological polar surface area (TPSA) is 127 Å². The molecule has 6 N–H and O–H groups in total. The van der Waals surface area contributed by atoms with Gasteiger partial charge in [-0.25, -0.2) is 0 Å². The average Bonchev–Trinajstić information content (AvgIpc) is 2.48. The van der Waals surface area contributed by atoms with Gasteiger partial charge in [-0.15, -0.1) is 0 Å². The van der Waals surface area contributed by atoms with E-state index < -0.39 is 11.9 Å². The molecule has 1 rings (SSSR count). The number of hydrogen-bond acceptors (Lipinski definition) is 4. The van der Waals surface area contributed by atoms with Crippen molar-refractivity contribution in [1.82, 2.24) is 0 Å². The molecule has 1 aromatic rings. The number of nitrogens with two attached hydrogens (primary N) is 2. The Morgan fingerprint density at radius 1 is 1.00 bits per heavy atom. The maximum atomic E-state index is 10.6. The van der Waals surface area contributed by atoms with Gasteiger partial charge in [0.15, 0.2) is 0 Å². The van der Waals surface area contributed by atoms with E-state index in [1.54, 1.807) is 0 Å². The van der Waals surface area contributed by atoms with Gasteiger partial charge in [-0.3, -0.25) is 9.59 Å². The third-order valence-electron chi connectivity index (χ3n) is 2.55. The van der Waals surface area contributed by atoms with E-state index in [1.165, 1.54) is 0 Å². The number of benzene rings is 1. The first kappa shape index (κ1) is 23.3. The van der Waals surface area contributed by atoms with E-state index in [2.05, 4.69) is 0 Å². The largest absolute Gasteiger partial charge is 0.481 e. The van der Waals surface area contributed by atoms with Crippen molar-refractivity contribution < 1.29 is 19.8 Å². The van der Waals surface area contributed by atoms with Crippen molar-refractivity contribution in [3.8, 4) is 0 Å². The second-order valence-corrected chi connectivity index (χ2v) is 5.43. The molecule has 0 aliphatic carbocycles. The van der Waals surface area contributed by atoms with Crippen LogP contribution in [0.15, 0.2) is 36.4 Å². The molecule has 0 spiro atoms. The van der Waals surface area contributed by atoms with Crippen molar-refractivity contribution in [3.63, 3.8) is 0 Å². The Labute approximate surface area is 138 Å². The number of amides is 1. The van der Waals surface area contributed by atoms with E-state index in [-0.39, 0.29) is 25.4 Å². The van der Waals surface area contributed by atoms with Gasteiger partial charge in [0.25, 0.3) is 0 Å². The molecular weight excluding hydrogens is 296 g/mol. The molecule has 0 saturated carbocycles. The number of rotatable bonds is 7. The minimum Gasteiger partial charge on any atom is -0.481 e. The van der Waals surface area contributed by atoms with Crippen LogP contribution in [0.2, 0.25) is 0 Å². The zero-order valence-electron chi connectivity index (χ0n) is 14.0. The Kier molecular flexibility index (Phi) is 16.7. The van der Waals surface area contributed by atoms with Gasteiger partial charge in [-0.1, -0.05) is 50.2 Å². The Morgan fingerprint density at radius 2 is 1.39 bits per heavy atom. The maximum absolute atomic E-state index is 10.6. The summed E-state index contributed by atoms with van der Waals surface area (Å²) in [5, 5.41) is 16.3. The van der Waals surface area contributed by atoms with Crippen LogP contribution >= 0.6 is 0 Å². The summed E-state index contributed by atoms with van der Waals surface area (Å²) < 4.78 is 0. The van der Waals surface area contributed by atoms with Crippen LogP contribution in [-0.2, 0) is 9.59 Å². The molecule has 23 heavy (non-hydrogen) atoms. The van der Waals surface area contributed by atoms with Crippen molar-refractivity contribution in [3.05, 3.63) is 36.4 Å². The van der Waals surface area contributed by atoms with E-state index in [4.69, 9.17) is 21.7 Å². The van der Waals surface area contributed by atoms with Crippen LogP contribution in [0.4, 0.5) is 0 Å². The van der Waals surface area contributed by atoms with E-state index in [0.717, 1.165) is 6.42 Å². The first-order valence-corrected chi connectivity index (χ1v) is 7.64. The maximum Gasteiger partial charge on any atom is 0.303 e. The predicted octanol–water partition coefficient (Wildman–Crippen LogP) is 1.62. The van der Waals surface area contributed by atoms with Crippen LogP contribution in [0.5, 0.6) is 0 Å². The van der Waals surface area contributed by atoms with E-state index in [1.807, 2.05) is 50.2 Å². The normalized spacial score (nSPS) is 10.7. The number of carboxylic acid groups (broad SMARTS) is 1. The van der Waals surface area contributed by atoms with Gasteiger partial charge < -0.3 is 21.7 Å². The molecule has 1 unspecified atom stereocenters. The lowest BCUT2D eigenvalue weighted by molar-refractivity contribution is -0.138. The average molecular weight is 326 g/mol. The van der Waals surface area contributed by atoms with Crippen LogP contribution in [0, 0.1) is 11.8 Å². The number of aliphatic hydroxyl groups excluding tert-OH is 1. The van der Waals surface area contributed by atoms with Crippen LogP contribution in [-0.4, -0.2) is 35.2 Å². The summed E-state index contributed by atoms with van der Waals surface area (Å²) >= 11 is 0. The molecule has 0 radical (unpaired) electrons.